The Morgan fingerprint density at radius 2 is 1.71 bits per heavy atom. The summed E-state index contributed by atoms with van der Waals surface area (Å²) in [7, 11) is 3.18. The second-order valence-electron chi connectivity index (χ2n) is 5.51. The normalized spacial score (nSPS) is 15.5. The van der Waals surface area contributed by atoms with Crippen LogP contribution in [-0.2, 0) is 13.1 Å². The van der Waals surface area contributed by atoms with Crippen LogP contribution < -0.4 is 14.4 Å². The zero-order chi connectivity index (χ0) is 16.9. The van der Waals surface area contributed by atoms with Crippen molar-refractivity contribution in [2.24, 2.45) is 0 Å². The number of hydrogen-bond donors (Lipinski definition) is 0. The Bertz CT molecular complexity index is 645. The number of aryl methyl sites for hydroxylation is 1. The van der Waals surface area contributed by atoms with Gasteiger partial charge in [0.2, 0.25) is 17.7 Å². The van der Waals surface area contributed by atoms with E-state index in [1.54, 1.807) is 26.6 Å². The average Bonchev–Trinajstić information content (AvgIpc) is 3.09. The number of rotatable bonds is 6. The van der Waals surface area contributed by atoms with Crippen molar-refractivity contribution in [2.75, 3.05) is 45.3 Å². The first-order valence-corrected chi connectivity index (χ1v) is 8.04. The van der Waals surface area contributed by atoms with Crippen LogP contribution in [0, 0.1) is 0 Å². The molecule has 9 nitrogen and oxygen atoms in total. The summed E-state index contributed by atoms with van der Waals surface area (Å²) >= 11 is 0. The molecule has 0 unspecified atom stereocenters. The van der Waals surface area contributed by atoms with Crippen molar-refractivity contribution in [1.82, 2.24) is 29.6 Å². The molecule has 0 atom stereocenters. The SMILES string of the molecule is CCn1ncnc1CN1CCN(c2nc(OC)cc(OC)n2)CC1. The van der Waals surface area contributed by atoms with Crippen molar-refractivity contribution in [3.63, 3.8) is 0 Å². The van der Waals surface area contributed by atoms with Gasteiger partial charge in [0, 0.05) is 32.7 Å². The maximum atomic E-state index is 5.22. The van der Waals surface area contributed by atoms with Gasteiger partial charge in [-0.3, -0.25) is 4.90 Å². The molecule has 0 amide bonds. The molecule has 24 heavy (non-hydrogen) atoms. The van der Waals surface area contributed by atoms with Gasteiger partial charge in [0.15, 0.2) is 0 Å². The highest BCUT2D eigenvalue weighted by Gasteiger charge is 2.21. The predicted molar refractivity (Wildman–Crippen MR) is 88.3 cm³/mol. The quantitative estimate of drug-likeness (QED) is 0.753. The molecular weight excluding hydrogens is 310 g/mol. The van der Waals surface area contributed by atoms with E-state index in [-0.39, 0.29) is 0 Å². The van der Waals surface area contributed by atoms with E-state index in [0.717, 1.165) is 45.1 Å². The fourth-order valence-electron chi connectivity index (χ4n) is 2.72. The maximum absolute atomic E-state index is 5.22. The zero-order valence-corrected chi connectivity index (χ0v) is 14.3. The molecule has 0 N–H and O–H groups in total. The van der Waals surface area contributed by atoms with Gasteiger partial charge in [-0.15, -0.1) is 0 Å². The minimum atomic E-state index is 0.510. The summed E-state index contributed by atoms with van der Waals surface area (Å²) < 4.78 is 12.4. The number of piperazine rings is 1. The Morgan fingerprint density at radius 3 is 2.29 bits per heavy atom. The van der Waals surface area contributed by atoms with E-state index < -0.39 is 0 Å². The Hall–Kier alpha value is -2.42. The van der Waals surface area contributed by atoms with Gasteiger partial charge in [-0.25, -0.2) is 9.67 Å². The van der Waals surface area contributed by atoms with Crippen LogP contribution in [0.2, 0.25) is 0 Å². The van der Waals surface area contributed by atoms with E-state index in [1.165, 1.54) is 0 Å². The number of anilines is 1. The number of nitrogens with zero attached hydrogens (tertiary/aromatic N) is 7. The van der Waals surface area contributed by atoms with Gasteiger partial charge >= 0.3 is 0 Å². The topological polar surface area (TPSA) is 81.4 Å². The molecule has 1 aliphatic rings. The minimum Gasteiger partial charge on any atom is -0.481 e. The highest BCUT2D eigenvalue weighted by atomic mass is 16.5. The third kappa shape index (κ3) is 3.56. The van der Waals surface area contributed by atoms with Gasteiger partial charge in [0.1, 0.15) is 12.2 Å². The third-order valence-corrected chi connectivity index (χ3v) is 4.10. The van der Waals surface area contributed by atoms with Crippen molar-refractivity contribution in [1.29, 1.82) is 0 Å². The smallest absolute Gasteiger partial charge is 0.232 e. The highest BCUT2D eigenvalue weighted by Crippen LogP contribution is 2.21. The molecule has 0 aromatic carbocycles. The second-order valence-corrected chi connectivity index (χ2v) is 5.51. The first kappa shape index (κ1) is 16.4. The molecule has 0 spiro atoms. The zero-order valence-electron chi connectivity index (χ0n) is 14.3. The van der Waals surface area contributed by atoms with E-state index >= 15 is 0 Å². The lowest BCUT2D eigenvalue weighted by Crippen LogP contribution is -2.46. The van der Waals surface area contributed by atoms with Gasteiger partial charge in [0.05, 0.1) is 26.8 Å². The fourth-order valence-corrected chi connectivity index (χ4v) is 2.72. The van der Waals surface area contributed by atoms with E-state index in [2.05, 4.69) is 36.8 Å². The van der Waals surface area contributed by atoms with Gasteiger partial charge in [-0.05, 0) is 6.92 Å². The Balaban J connectivity index is 1.62. The Labute approximate surface area is 141 Å². The van der Waals surface area contributed by atoms with Gasteiger partial charge in [-0.1, -0.05) is 0 Å². The first-order chi connectivity index (χ1) is 11.7. The lowest BCUT2D eigenvalue weighted by atomic mass is 10.3. The van der Waals surface area contributed by atoms with Crippen LogP contribution >= 0.6 is 0 Å². The van der Waals surface area contributed by atoms with Crippen molar-refractivity contribution < 1.29 is 9.47 Å². The van der Waals surface area contributed by atoms with Gasteiger partial charge < -0.3 is 14.4 Å². The molecule has 2 aromatic rings. The third-order valence-electron chi connectivity index (χ3n) is 4.10. The highest BCUT2D eigenvalue weighted by molar-refractivity contribution is 5.37. The van der Waals surface area contributed by atoms with Crippen LogP contribution in [0.3, 0.4) is 0 Å². The summed E-state index contributed by atoms with van der Waals surface area (Å²) in [5.74, 6) is 2.67. The van der Waals surface area contributed by atoms with Crippen LogP contribution in [0.1, 0.15) is 12.7 Å². The Morgan fingerprint density at radius 1 is 1.04 bits per heavy atom. The maximum Gasteiger partial charge on any atom is 0.232 e. The van der Waals surface area contributed by atoms with Crippen LogP contribution in [0.15, 0.2) is 12.4 Å². The monoisotopic (exact) mass is 333 g/mol. The van der Waals surface area contributed by atoms with Crippen LogP contribution in [0.25, 0.3) is 0 Å². The summed E-state index contributed by atoms with van der Waals surface area (Å²) in [4.78, 5) is 17.7. The second kappa shape index (κ2) is 7.43. The molecule has 3 rings (SSSR count). The summed E-state index contributed by atoms with van der Waals surface area (Å²) in [5, 5.41) is 4.22. The molecule has 130 valence electrons. The summed E-state index contributed by atoms with van der Waals surface area (Å²) in [6, 6.07) is 1.68. The molecule has 2 aromatic heterocycles. The average molecular weight is 333 g/mol. The molecule has 0 aliphatic carbocycles. The molecule has 1 aliphatic heterocycles. The molecular formula is C15H23N7O2. The summed E-state index contributed by atoms with van der Waals surface area (Å²) in [6.45, 7) is 7.24. The van der Waals surface area contributed by atoms with Crippen LogP contribution in [-0.4, -0.2) is 70.0 Å². The van der Waals surface area contributed by atoms with Crippen molar-refractivity contribution in [2.45, 2.75) is 20.0 Å². The van der Waals surface area contributed by atoms with Crippen molar-refractivity contribution in [3.05, 3.63) is 18.2 Å². The van der Waals surface area contributed by atoms with Gasteiger partial charge in [-0.2, -0.15) is 15.1 Å². The van der Waals surface area contributed by atoms with E-state index in [1.807, 2.05) is 4.68 Å². The van der Waals surface area contributed by atoms with E-state index in [9.17, 15) is 0 Å². The molecule has 9 heteroatoms. The standard InChI is InChI=1S/C15H23N7O2/c1-4-22-12(16-11-17-22)10-20-5-7-21(8-6-20)15-18-13(23-2)9-14(19-15)24-3/h9,11H,4-8,10H2,1-3H3. The van der Waals surface area contributed by atoms with E-state index in [0.29, 0.717) is 17.7 Å². The number of ether oxygens (including phenoxy) is 2. The molecule has 0 bridgehead atoms. The number of methoxy groups -OCH3 is 2. The van der Waals surface area contributed by atoms with Crippen molar-refractivity contribution >= 4 is 5.95 Å². The summed E-state index contributed by atoms with van der Waals surface area (Å²) in [5.41, 5.74) is 0. The lowest BCUT2D eigenvalue weighted by Gasteiger charge is -2.34. The number of hydrogen-bond acceptors (Lipinski definition) is 8. The van der Waals surface area contributed by atoms with Crippen LogP contribution in [0.4, 0.5) is 5.95 Å². The Kier molecular flexibility index (Phi) is 5.09. The minimum absolute atomic E-state index is 0.510. The molecule has 3 heterocycles. The molecule has 0 radical (unpaired) electrons. The first-order valence-electron chi connectivity index (χ1n) is 8.04. The lowest BCUT2D eigenvalue weighted by molar-refractivity contribution is 0.238. The molecule has 1 fully saturated rings. The van der Waals surface area contributed by atoms with Gasteiger partial charge in [0.25, 0.3) is 0 Å². The fraction of sp³-hybridized carbons (Fsp3) is 0.600. The molecule has 0 saturated carbocycles. The van der Waals surface area contributed by atoms with Crippen molar-refractivity contribution in [3.8, 4) is 11.8 Å². The number of aromatic nitrogens is 5. The summed E-state index contributed by atoms with van der Waals surface area (Å²) in [6.07, 6.45) is 1.62. The predicted octanol–water partition coefficient (Wildman–Crippen LogP) is 0.427. The largest absolute Gasteiger partial charge is 0.481 e. The van der Waals surface area contributed by atoms with E-state index in [4.69, 9.17) is 9.47 Å². The van der Waals surface area contributed by atoms with Crippen LogP contribution in [0.5, 0.6) is 11.8 Å². The molecule has 1 saturated heterocycles.